The number of ether oxygens (including phenoxy) is 1. The second-order valence-corrected chi connectivity index (χ2v) is 8.96. The number of hydrogen-bond acceptors (Lipinski definition) is 4. The molecule has 0 saturated carbocycles. The van der Waals surface area contributed by atoms with Crippen LogP contribution in [-0.4, -0.2) is 58.0 Å². The Morgan fingerprint density at radius 1 is 1.08 bits per heavy atom. The molecular formula is C20H26N2O3S. The molecule has 1 saturated heterocycles. The Kier molecular flexibility index (Phi) is 5.96. The Labute approximate surface area is 156 Å². The Morgan fingerprint density at radius 2 is 1.77 bits per heavy atom. The lowest BCUT2D eigenvalue weighted by Gasteiger charge is -2.17. The highest BCUT2D eigenvalue weighted by Crippen LogP contribution is 2.26. The number of benzene rings is 2. The summed E-state index contributed by atoms with van der Waals surface area (Å²) < 4.78 is 31.1. The first-order chi connectivity index (χ1) is 12.5. The summed E-state index contributed by atoms with van der Waals surface area (Å²) in [6.07, 6.45) is 1.18. The van der Waals surface area contributed by atoms with Crippen LogP contribution in [0.1, 0.15) is 17.9 Å². The van der Waals surface area contributed by atoms with E-state index in [1.54, 1.807) is 24.3 Å². The van der Waals surface area contributed by atoms with Crippen molar-refractivity contribution in [2.45, 2.75) is 17.2 Å². The highest BCUT2D eigenvalue weighted by Gasteiger charge is 2.23. The molecule has 0 amide bonds. The van der Waals surface area contributed by atoms with E-state index >= 15 is 0 Å². The Hall–Kier alpha value is -1.89. The topological polar surface area (TPSA) is 49.9 Å². The quantitative estimate of drug-likeness (QED) is 0.748. The Morgan fingerprint density at radius 3 is 2.42 bits per heavy atom. The second kappa shape index (κ2) is 8.20. The predicted octanol–water partition coefficient (Wildman–Crippen LogP) is 2.81. The molecule has 1 atom stereocenters. The molecule has 1 fully saturated rings. The van der Waals surface area contributed by atoms with Gasteiger partial charge in [-0.05, 0) is 48.7 Å². The lowest BCUT2D eigenvalue weighted by atomic mass is 9.99. The third-order valence-electron chi connectivity index (χ3n) is 4.82. The molecule has 1 heterocycles. The molecule has 3 rings (SSSR count). The summed E-state index contributed by atoms with van der Waals surface area (Å²) in [6.45, 7) is 3.62. The number of likely N-dealkylation sites (tertiary alicyclic amines) is 1. The zero-order valence-corrected chi connectivity index (χ0v) is 16.2. The first-order valence-corrected chi connectivity index (χ1v) is 10.3. The van der Waals surface area contributed by atoms with Gasteiger partial charge in [-0.25, -0.2) is 12.7 Å². The van der Waals surface area contributed by atoms with Gasteiger partial charge in [0.1, 0.15) is 12.4 Å². The lowest BCUT2D eigenvalue weighted by molar-refractivity contribution is 0.236. The van der Waals surface area contributed by atoms with Crippen LogP contribution in [-0.2, 0) is 10.0 Å². The van der Waals surface area contributed by atoms with Gasteiger partial charge in [0.2, 0.25) is 10.0 Å². The first kappa shape index (κ1) is 18.9. The molecule has 1 unspecified atom stereocenters. The van der Waals surface area contributed by atoms with Crippen LogP contribution in [0, 0.1) is 0 Å². The van der Waals surface area contributed by atoms with Crippen LogP contribution in [0.3, 0.4) is 0 Å². The molecule has 1 aliphatic rings. The SMILES string of the molecule is CN(C)S(=O)(=O)c1ccc(OCCN2CCC(c3ccccc3)C2)cc1. The van der Waals surface area contributed by atoms with E-state index in [-0.39, 0.29) is 4.90 Å². The third-order valence-corrected chi connectivity index (χ3v) is 6.65. The molecule has 6 heteroatoms. The van der Waals surface area contributed by atoms with Crippen LogP contribution in [0.25, 0.3) is 0 Å². The largest absolute Gasteiger partial charge is 0.492 e. The molecule has 0 radical (unpaired) electrons. The van der Waals surface area contributed by atoms with Crippen LogP contribution in [0.5, 0.6) is 5.75 Å². The van der Waals surface area contributed by atoms with E-state index in [0.717, 1.165) is 19.6 Å². The number of hydrogen-bond donors (Lipinski definition) is 0. The smallest absolute Gasteiger partial charge is 0.242 e. The van der Waals surface area contributed by atoms with Gasteiger partial charge >= 0.3 is 0 Å². The van der Waals surface area contributed by atoms with E-state index in [0.29, 0.717) is 18.3 Å². The normalized spacial score (nSPS) is 18.3. The van der Waals surface area contributed by atoms with Crippen molar-refractivity contribution in [1.29, 1.82) is 0 Å². The van der Waals surface area contributed by atoms with Crippen molar-refractivity contribution in [2.24, 2.45) is 0 Å². The van der Waals surface area contributed by atoms with Crippen molar-refractivity contribution in [1.82, 2.24) is 9.21 Å². The Bertz CT molecular complexity index is 805. The van der Waals surface area contributed by atoms with Gasteiger partial charge in [0.25, 0.3) is 0 Å². The van der Waals surface area contributed by atoms with Crippen molar-refractivity contribution in [3.8, 4) is 5.75 Å². The fraction of sp³-hybridized carbons (Fsp3) is 0.400. The summed E-state index contributed by atoms with van der Waals surface area (Å²) in [6, 6.07) is 17.3. The average molecular weight is 375 g/mol. The van der Waals surface area contributed by atoms with E-state index in [1.807, 2.05) is 0 Å². The molecule has 0 aromatic heterocycles. The van der Waals surface area contributed by atoms with Crippen molar-refractivity contribution in [3.63, 3.8) is 0 Å². The molecule has 0 N–H and O–H groups in total. The fourth-order valence-corrected chi connectivity index (χ4v) is 4.15. The molecule has 2 aromatic rings. The predicted molar refractivity (Wildman–Crippen MR) is 103 cm³/mol. The maximum absolute atomic E-state index is 12.1. The van der Waals surface area contributed by atoms with Crippen LogP contribution in [0.15, 0.2) is 59.5 Å². The van der Waals surface area contributed by atoms with Gasteiger partial charge in [-0.2, -0.15) is 0 Å². The van der Waals surface area contributed by atoms with Crippen LogP contribution < -0.4 is 4.74 Å². The molecule has 0 aliphatic carbocycles. The molecule has 140 valence electrons. The number of sulfonamides is 1. The highest BCUT2D eigenvalue weighted by atomic mass is 32.2. The van der Waals surface area contributed by atoms with E-state index in [2.05, 4.69) is 35.2 Å². The highest BCUT2D eigenvalue weighted by molar-refractivity contribution is 7.89. The molecule has 5 nitrogen and oxygen atoms in total. The zero-order chi connectivity index (χ0) is 18.6. The summed E-state index contributed by atoms with van der Waals surface area (Å²) in [5.74, 6) is 1.30. The summed E-state index contributed by atoms with van der Waals surface area (Å²) in [4.78, 5) is 2.70. The first-order valence-electron chi connectivity index (χ1n) is 8.89. The summed E-state index contributed by atoms with van der Waals surface area (Å²) in [5.41, 5.74) is 1.41. The number of nitrogens with zero attached hydrogens (tertiary/aromatic N) is 2. The Balaban J connectivity index is 1.47. The van der Waals surface area contributed by atoms with Gasteiger partial charge < -0.3 is 4.74 Å². The van der Waals surface area contributed by atoms with Crippen molar-refractivity contribution >= 4 is 10.0 Å². The van der Waals surface area contributed by atoms with Crippen molar-refractivity contribution < 1.29 is 13.2 Å². The van der Waals surface area contributed by atoms with E-state index in [4.69, 9.17) is 4.74 Å². The van der Waals surface area contributed by atoms with E-state index in [9.17, 15) is 8.42 Å². The maximum Gasteiger partial charge on any atom is 0.242 e. The molecule has 0 bridgehead atoms. The minimum atomic E-state index is -3.39. The summed E-state index contributed by atoms with van der Waals surface area (Å²) in [5, 5.41) is 0. The van der Waals surface area contributed by atoms with Gasteiger partial charge in [-0.15, -0.1) is 0 Å². The molecule has 2 aromatic carbocycles. The van der Waals surface area contributed by atoms with Gasteiger partial charge in [0, 0.05) is 27.2 Å². The van der Waals surface area contributed by atoms with E-state index in [1.165, 1.54) is 30.4 Å². The van der Waals surface area contributed by atoms with Gasteiger partial charge in [-0.1, -0.05) is 30.3 Å². The van der Waals surface area contributed by atoms with Crippen LogP contribution in [0.4, 0.5) is 0 Å². The maximum atomic E-state index is 12.1. The van der Waals surface area contributed by atoms with Crippen LogP contribution >= 0.6 is 0 Å². The lowest BCUT2D eigenvalue weighted by Crippen LogP contribution is -2.26. The molecular weight excluding hydrogens is 348 g/mol. The van der Waals surface area contributed by atoms with Gasteiger partial charge in [0.05, 0.1) is 4.90 Å². The zero-order valence-electron chi connectivity index (χ0n) is 15.3. The summed E-state index contributed by atoms with van der Waals surface area (Å²) >= 11 is 0. The standard InChI is InChI=1S/C20H26N2O3S/c1-21(2)26(23,24)20-10-8-19(9-11-20)25-15-14-22-13-12-18(16-22)17-6-4-3-5-7-17/h3-11,18H,12-16H2,1-2H3. The van der Waals surface area contributed by atoms with Gasteiger partial charge in [-0.3, -0.25) is 4.90 Å². The molecule has 0 spiro atoms. The molecule has 1 aliphatic heterocycles. The summed E-state index contributed by atoms with van der Waals surface area (Å²) in [7, 11) is -0.338. The minimum Gasteiger partial charge on any atom is -0.492 e. The molecule has 26 heavy (non-hydrogen) atoms. The second-order valence-electron chi connectivity index (χ2n) is 6.80. The van der Waals surface area contributed by atoms with Crippen LogP contribution in [0.2, 0.25) is 0 Å². The van der Waals surface area contributed by atoms with Crippen molar-refractivity contribution in [2.75, 3.05) is 40.3 Å². The van der Waals surface area contributed by atoms with Crippen molar-refractivity contribution in [3.05, 3.63) is 60.2 Å². The van der Waals surface area contributed by atoms with E-state index < -0.39 is 10.0 Å². The third kappa shape index (κ3) is 4.44. The fourth-order valence-electron chi connectivity index (χ4n) is 3.24. The number of rotatable bonds is 7. The average Bonchev–Trinajstić information content (AvgIpc) is 3.12. The van der Waals surface area contributed by atoms with Gasteiger partial charge in [0.15, 0.2) is 0 Å². The minimum absolute atomic E-state index is 0.278. The monoisotopic (exact) mass is 374 g/mol.